The third-order valence-electron chi connectivity index (χ3n) is 4.07. The zero-order valence-electron chi connectivity index (χ0n) is 14.9. The minimum Gasteiger partial charge on any atom is -0.354 e. The predicted molar refractivity (Wildman–Crippen MR) is 105 cm³/mol. The van der Waals surface area contributed by atoms with Gasteiger partial charge in [-0.1, -0.05) is 54.1 Å². The van der Waals surface area contributed by atoms with E-state index in [4.69, 9.17) is 11.6 Å². The van der Waals surface area contributed by atoms with E-state index >= 15 is 0 Å². The molecule has 2 aromatic rings. The van der Waals surface area contributed by atoms with Crippen molar-refractivity contribution in [3.63, 3.8) is 0 Å². The molecule has 0 radical (unpaired) electrons. The Kier molecular flexibility index (Phi) is 7.20. The van der Waals surface area contributed by atoms with E-state index in [-0.39, 0.29) is 32.0 Å². The van der Waals surface area contributed by atoms with Gasteiger partial charge in [-0.2, -0.15) is 4.31 Å². The largest absolute Gasteiger partial charge is 0.354 e. The van der Waals surface area contributed by atoms with E-state index in [2.05, 4.69) is 5.32 Å². The number of nitrogens with zero attached hydrogens (tertiary/aromatic N) is 1. The standard InChI is InChI=1S/C19H23ClN2O3S/c1-15-7-3-4-8-16(15)13-19(23)21-11-12-22(26(2,24)25)14-17-9-5-6-10-18(17)20/h3-10H,11-14H2,1-2H3,(H,21,23). The van der Waals surface area contributed by atoms with Crippen molar-refractivity contribution in [2.75, 3.05) is 19.3 Å². The van der Waals surface area contributed by atoms with Crippen LogP contribution in [0.15, 0.2) is 48.5 Å². The summed E-state index contributed by atoms with van der Waals surface area (Å²) >= 11 is 6.12. The van der Waals surface area contributed by atoms with Gasteiger partial charge in [0.15, 0.2) is 0 Å². The highest BCUT2D eigenvalue weighted by Crippen LogP contribution is 2.18. The lowest BCUT2D eigenvalue weighted by molar-refractivity contribution is -0.120. The van der Waals surface area contributed by atoms with Gasteiger partial charge < -0.3 is 5.32 Å². The molecule has 0 bridgehead atoms. The molecule has 0 heterocycles. The molecule has 1 N–H and O–H groups in total. The highest BCUT2D eigenvalue weighted by molar-refractivity contribution is 7.88. The number of aryl methyl sites for hydroxylation is 1. The van der Waals surface area contributed by atoms with Gasteiger partial charge in [-0.05, 0) is 29.7 Å². The molecule has 0 aliphatic rings. The second-order valence-corrected chi connectivity index (χ2v) is 8.53. The molecular weight excluding hydrogens is 372 g/mol. The van der Waals surface area contributed by atoms with Gasteiger partial charge in [-0.25, -0.2) is 8.42 Å². The number of benzene rings is 2. The van der Waals surface area contributed by atoms with E-state index in [1.807, 2.05) is 37.3 Å². The minimum absolute atomic E-state index is 0.134. The highest BCUT2D eigenvalue weighted by Gasteiger charge is 2.18. The lowest BCUT2D eigenvalue weighted by Crippen LogP contribution is -2.38. The molecule has 0 atom stereocenters. The van der Waals surface area contributed by atoms with E-state index in [0.717, 1.165) is 22.9 Å². The summed E-state index contributed by atoms with van der Waals surface area (Å²) in [5, 5.41) is 3.30. The first-order valence-corrected chi connectivity index (χ1v) is 10.5. The van der Waals surface area contributed by atoms with Crippen LogP contribution in [0.4, 0.5) is 0 Å². The van der Waals surface area contributed by atoms with Crippen molar-refractivity contribution in [1.82, 2.24) is 9.62 Å². The topological polar surface area (TPSA) is 66.5 Å². The molecule has 7 heteroatoms. The molecule has 26 heavy (non-hydrogen) atoms. The Morgan fingerprint density at radius 2 is 1.69 bits per heavy atom. The number of hydrogen-bond donors (Lipinski definition) is 1. The molecule has 0 saturated heterocycles. The molecule has 0 unspecified atom stereocenters. The third kappa shape index (κ3) is 6.12. The van der Waals surface area contributed by atoms with Crippen LogP contribution in [0, 0.1) is 6.92 Å². The summed E-state index contributed by atoms with van der Waals surface area (Å²) in [6, 6.07) is 14.8. The van der Waals surface area contributed by atoms with Gasteiger partial charge in [-0.3, -0.25) is 4.79 Å². The molecule has 2 rings (SSSR count). The first-order chi connectivity index (χ1) is 12.3. The van der Waals surface area contributed by atoms with Crippen LogP contribution in [-0.4, -0.2) is 38.0 Å². The molecule has 140 valence electrons. The van der Waals surface area contributed by atoms with Gasteiger partial charge in [0.05, 0.1) is 12.7 Å². The van der Waals surface area contributed by atoms with Crippen molar-refractivity contribution in [3.05, 3.63) is 70.2 Å². The van der Waals surface area contributed by atoms with Crippen molar-refractivity contribution in [2.45, 2.75) is 19.9 Å². The van der Waals surface area contributed by atoms with Gasteiger partial charge >= 0.3 is 0 Å². The third-order valence-corrected chi connectivity index (χ3v) is 5.69. The van der Waals surface area contributed by atoms with Crippen LogP contribution < -0.4 is 5.32 Å². The van der Waals surface area contributed by atoms with E-state index in [9.17, 15) is 13.2 Å². The second-order valence-electron chi connectivity index (χ2n) is 6.14. The van der Waals surface area contributed by atoms with Crippen LogP contribution in [0.1, 0.15) is 16.7 Å². The first kappa shape index (κ1) is 20.4. The highest BCUT2D eigenvalue weighted by atomic mass is 35.5. The molecule has 0 saturated carbocycles. The minimum atomic E-state index is -3.42. The predicted octanol–water partition coefficient (Wildman–Crippen LogP) is 2.77. The fourth-order valence-electron chi connectivity index (χ4n) is 2.54. The van der Waals surface area contributed by atoms with Crippen molar-refractivity contribution in [1.29, 1.82) is 0 Å². The Morgan fingerprint density at radius 3 is 2.31 bits per heavy atom. The Balaban J connectivity index is 1.92. The van der Waals surface area contributed by atoms with Crippen molar-refractivity contribution >= 4 is 27.5 Å². The molecule has 2 aromatic carbocycles. The molecular formula is C19H23ClN2O3S. The maximum absolute atomic E-state index is 12.1. The number of halogens is 1. The maximum atomic E-state index is 12.1. The van der Waals surface area contributed by atoms with Crippen LogP contribution in [0.25, 0.3) is 0 Å². The number of sulfonamides is 1. The number of rotatable bonds is 8. The van der Waals surface area contributed by atoms with Gasteiger partial charge in [0.1, 0.15) is 0 Å². The summed E-state index contributed by atoms with van der Waals surface area (Å²) in [5.41, 5.74) is 2.74. The fraction of sp³-hybridized carbons (Fsp3) is 0.316. The normalized spacial score (nSPS) is 11.5. The number of nitrogens with one attached hydrogen (secondary N) is 1. The van der Waals surface area contributed by atoms with Crippen molar-refractivity contribution < 1.29 is 13.2 Å². The van der Waals surface area contributed by atoms with Crippen LogP contribution in [-0.2, 0) is 27.8 Å². The zero-order valence-corrected chi connectivity index (χ0v) is 16.5. The van der Waals surface area contributed by atoms with Gasteiger partial charge in [-0.15, -0.1) is 0 Å². The molecule has 0 spiro atoms. The summed E-state index contributed by atoms with van der Waals surface area (Å²) < 4.78 is 25.4. The van der Waals surface area contributed by atoms with E-state index < -0.39 is 10.0 Å². The second kappa shape index (κ2) is 9.16. The van der Waals surface area contributed by atoms with E-state index in [1.54, 1.807) is 18.2 Å². The van der Waals surface area contributed by atoms with Gasteiger partial charge in [0.25, 0.3) is 0 Å². The number of carbonyl (C=O) groups excluding carboxylic acids is 1. The molecule has 5 nitrogen and oxygen atoms in total. The van der Waals surface area contributed by atoms with Crippen LogP contribution >= 0.6 is 11.6 Å². The molecule has 1 amide bonds. The number of amides is 1. The van der Waals surface area contributed by atoms with Crippen molar-refractivity contribution in [3.8, 4) is 0 Å². The quantitative estimate of drug-likeness (QED) is 0.748. The summed E-state index contributed by atoms with van der Waals surface area (Å²) in [6.07, 6.45) is 1.43. The average molecular weight is 395 g/mol. The number of carbonyl (C=O) groups is 1. The summed E-state index contributed by atoms with van der Waals surface area (Å²) in [5.74, 6) is -0.134. The average Bonchev–Trinajstić information content (AvgIpc) is 2.57. The fourth-order valence-corrected chi connectivity index (χ4v) is 3.53. The Labute approximate surface area is 160 Å². The van der Waals surface area contributed by atoms with E-state index in [0.29, 0.717) is 5.02 Å². The van der Waals surface area contributed by atoms with E-state index in [1.165, 1.54) is 4.31 Å². The Bertz CT molecular complexity index is 869. The molecule has 0 aliphatic heterocycles. The Hall–Kier alpha value is -1.89. The maximum Gasteiger partial charge on any atom is 0.224 e. The van der Waals surface area contributed by atoms with Crippen LogP contribution in [0.3, 0.4) is 0 Å². The molecule has 0 aliphatic carbocycles. The van der Waals surface area contributed by atoms with Gasteiger partial charge in [0.2, 0.25) is 15.9 Å². The summed E-state index contributed by atoms with van der Waals surface area (Å²) in [7, 11) is -3.42. The summed E-state index contributed by atoms with van der Waals surface area (Å²) in [6.45, 7) is 2.55. The van der Waals surface area contributed by atoms with Crippen molar-refractivity contribution in [2.24, 2.45) is 0 Å². The first-order valence-electron chi connectivity index (χ1n) is 8.27. The summed E-state index contributed by atoms with van der Waals surface area (Å²) in [4.78, 5) is 12.1. The molecule has 0 fully saturated rings. The number of hydrogen-bond acceptors (Lipinski definition) is 3. The SMILES string of the molecule is Cc1ccccc1CC(=O)NCCN(Cc1ccccc1Cl)S(C)(=O)=O. The monoisotopic (exact) mass is 394 g/mol. The molecule has 0 aromatic heterocycles. The van der Waals surface area contributed by atoms with Crippen LogP contribution in [0.5, 0.6) is 0 Å². The zero-order chi connectivity index (χ0) is 19.2. The van der Waals surface area contributed by atoms with Crippen LogP contribution in [0.2, 0.25) is 5.02 Å². The Morgan fingerprint density at radius 1 is 1.08 bits per heavy atom. The lowest BCUT2D eigenvalue weighted by Gasteiger charge is -2.21. The lowest BCUT2D eigenvalue weighted by atomic mass is 10.1. The van der Waals surface area contributed by atoms with Gasteiger partial charge in [0, 0.05) is 24.7 Å². The smallest absolute Gasteiger partial charge is 0.224 e.